The molecular weight excluding hydrogens is 247 g/mol. The molecule has 1 heteroatoms. The fourth-order valence-electron chi connectivity index (χ4n) is 1.15. The molecule has 60 valence electrons. The van der Waals surface area contributed by atoms with E-state index in [4.69, 9.17) is 0 Å². The van der Waals surface area contributed by atoms with E-state index in [9.17, 15) is 0 Å². The highest BCUT2D eigenvalue weighted by molar-refractivity contribution is 14.1. The van der Waals surface area contributed by atoms with Crippen molar-refractivity contribution < 1.29 is 0 Å². The predicted octanol–water partition coefficient (Wildman–Crippen LogP) is 3.64. The van der Waals surface area contributed by atoms with Gasteiger partial charge in [0, 0.05) is 0 Å². The summed E-state index contributed by atoms with van der Waals surface area (Å²) in [6.45, 7) is 12.0. The Labute approximate surface area is 82.2 Å². The highest BCUT2D eigenvalue weighted by Gasteiger charge is 2.45. The van der Waals surface area contributed by atoms with E-state index in [1.807, 2.05) is 6.92 Å². The maximum atomic E-state index is 3.97. The zero-order valence-corrected chi connectivity index (χ0v) is 9.23. The first kappa shape index (κ1) is 9.04. The van der Waals surface area contributed by atoms with Crippen LogP contribution in [0.5, 0.6) is 0 Å². The molecule has 0 nitrogen and oxygen atoms in total. The topological polar surface area (TPSA) is 0 Å². The van der Waals surface area contributed by atoms with E-state index in [1.165, 1.54) is 11.1 Å². The molecule has 1 rings (SSSR count). The SMILES string of the molecule is C=C(C)/C=C(/C)C1(I)CC1=C. The second-order valence-corrected chi connectivity index (χ2v) is 5.10. The predicted molar refractivity (Wildman–Crippen MR) is 59.1 cm³/mol. The normalized spacial score (nSPS) is 30.5. The second-order valence-electron chi connectivity index (χ2n) is 3.26. The fraction of sp³-hybridized carbons (Fsp3) is 0.400. The third-order valence-electron chi connectivity index (χ3n) is 1.98. The van der Waals surface area contributed by atoms with Crippen molar-refractivity contribution in [1.29, 1.82) is 0 Å². The quantitative estimate of drug-likeness (QED) is 0.308. The van der Waals surface area contributed by atoms with Crippen LogP contribution in [0.3, 0.4) is 0 Å². The molecule has 0 heterocycles. The molecular formula is C10H13I. The molecule has 0 amide bonds. The maximum absolute atomic E-state index is 3.97. The summed E-state index contributed by atoms with van der Waals surface area (Å²) in [5, 5.41) is 0. The Morgan fingerprint density at radius 3 is 2.36 bits per heavy atom. The minimum Gasteiger partial charge on any atom is -0.0981 e. The summed E-state index contributed by atoms with van der Waals surface area (Å²) in [6.07, 6.45) is 3.29. The highest BCUT2D eigenvalue weighted by Crippen LogP contribution is 2.55. The molecule has 0 aliphatic heterocycles. The lowest BCUT2D eigenvalue weighted by Gasteiger charge is -2.05. The first-order valence-electron chi connectivity index (χ1n) is 3.68. The Morgan fingerprint density at radius 2 is 2.09 bits per heavy atom. The van der Waals surface area contributed by atoms with Crippen LogP contribution in [0, 0.1) is 0 Å². The van der Waals surface area contributed by atoms with Crippen LogP contribution in [0.4, 0.5) is 0 Å². The Morgan fingerprint density at radius 1 is 1.64 bits per heavy atom. The number of alkyl halides is 1. The summed E-state index contributed by atoms with van der Waals surface area (Å²) in [5.41, 5.74) is 3.85. The molecule has 0 spiro atoms. The van der Waals surface area contributed by atoms with Crippen LogP contribution >= 0.6 is 22.6 Å². The van der Waals surface area contributed by atoms with Gasteiger partial charge in [0.15, 0.2) is 0 Å². The molecule has 1 aliphatic carbocycles. The summed E-state index contributed by atoms with van der Waals surface area (Å²) < 4.78 is 0.275. The van der Waals surface area contributed by atoms with Crippen molar-refractivity contribution in [3.63, 3.8) is 0 Å². The van der Waals surface area contributed by atoms with Gasteiger partial charge >= 0.3 is 0 Å². The van der Waals surface area contributed by atoms with Crippen LogP contribution < -0.4 is 0 Å². The fourth-order valence-corrected chi connectivity index (χ4v) is 1.77. The van der Waals surface area contributed by atoms with Crippen LogP contribution in [-0.4, -0.2) is 3.42 Å². The molecule has 1 aliphatic rings. The first-order chi connectivity index (χ1) is 4.97. The minimum atomic E-state index is 0.275. The molecule has 1 unspecified atom stereocenters. The summed E-state index contributed by atoms with van der Waals surface area (Å²) in [5.74, 6) is 0. The van der Waals surface area contributed by atoms with Gasteiger partial charge in [-0.1, -0.05) is 58.5 Å². The third kappa shape index (κ3) is 1.75. The van der Waals surface area contributed by atoms with Gasteiger partial charge in [0.05, 0.1) is 3.42 Å². The van der Waals surface area contributed by atoms with E-state index in [2.05, 4.69) is 48.7 Å². The molecule has 1 saturated carbocycles. The van der Waals surface area contributed by atoms with E-state index in [-0.39, 0.29) is 3.42 Å². The number of allylic oxidation sites excluding steroid dienone is 4. The van der Waals surface area contributed by atoms with Crippen molar-refractivity contribution in [3.8, 4) is 0 Å². The maximum Gasteiger partial charge on any atom is 0.0675 e. The van der Waals surface area contributed by atoms with E-state index in [0.29, 0.717) is 0 Å². The summed E-state index contributed by atoms with van der Waals surface area (Å²) >= 11 is 2.46. The third-order valence-corrected chi connectivity index (χ3v) is 3.98. The smallest absolute Gasteiger partial charge is 0.0675 e. The van der Waals surface area contributed by atoms with Gasteiger partial charge in [-0.25, -0.2) is 0 Å². The van der Waals surface area contributed by atoms with E-state index in [1.54, 1.807) is 0 Å². The number of rotatable bonds is 2. The van der Waals surface area contributed by atoms with Gasteiger partial charge in [-0.3, -0.25) is 0 Å². The average Bonchev–Trinajstić information content (AvgIpc) is 2.40. The second kappa shape index (κ2) is 2.77. The monoisotopic (exact) mass is 260 g/mol. The molecule has 0 aromatic rings. The molecule has 11 heavy (non-hydrogen) atoms. The van der Waals surface area contributed by atoms with Crippen molar-refractivity contribution in [3.05, 3.63) is 36.0 Å². The standard InChI is InChI=1S/C10H13I/c1-7(2)5-8(3)10(11)6-9(10)4/h5H,1,4,6H2,2-3H3/b8-5-. The molecule has 1 fully saturated rings. The van der Waals surface area contributed by atoms with Gasteiger partial charge in [0.1, 0.15) is 0 Å². The van der Waals surface area contributed by atoms with Gasteiger partial charge in [-0.15, -0.1) is 0 Å². The lowest BCUT2D eigenvalue weighted by Crippen LogP contribution is -1.98. The van der Waals surface area contributed by atoms with Gasteiger partial charge in [-0.05, 0) is 20.3 Å². The van der Waals surface area contributed by atoms with Crippen LogP contribution in [0.15, 0.2) is 36.0 Å². The van der Waals surface area contributed by atoms with Crippen LogP contribution in [0.1, 0.15) is 20.3 Å². The number of hydrogen-bond donors (Lipinski definition) is 0. The number of hydrogen-bond acceptors (Lipinski definition) is 0. The van der Waals surface area contributed by atoms with Crippen molar-refractivity contribution in [2.45, 2.75) is 23.7 Å². The van der Waals surface area contributed by atoms with Gasteiger partial charge in [0.25, 0.3) is 0 Å². The average molecular weight is 260 g/mol. The van der Waals surface area contributed by atoms with Crippen molar-refractivity contribution >= 4 is 22.6 Å². The highest BCUT2D eigenvalue weighted by atomic mass is 127. The molecule has 0 aromatic heterocycles. The zero-order valence-electron chi connectivity index (χ0n) is 7.08. The molecule has 0 bridgehead atoms. The van der Waals surface area contributed by atoms with Crippen LogP contribution in [0.2, 0.25) is 0 Å². The molecule has 0 N–H and O–H groups in total. The largest absolute Gasteiger partial charge is 0.0981 e. The molecule has 0 saturated heterocycles. The summed E-state index contributed by atoms with van der Waals surface area (Å²) in [6, 6.07) is 0. The van der Waals surface area contributed by atoms with Gasteiger partial charge in [-0.2, -0.15) is 0 Å². The van der Waals surface area contributed by atoms with Gasteiger partial charge < -0.3 is 0 Å². The summed E-state index contributed by atoms with van der Waals surface area (Å²) in [7, 11) is 0. The van der Waals surface area contributed by atoms with E-state index < -0.39 is 0 Å². The van der Waals surface area contributed by atoms with E-state index >= 15 is 0 Å². The number of halogens is 1. The lowest BCUT2D eigenvalue weighted by molar-refractivity contribution is 1.13. The zero-order chi connectivity index (χ0) is 8.65. The Bertz CT molecular complexity index is 248. The first-order valence-corrected chi connectivity index (χ1v) is 4.76. The molecule has 0 radical (unpaired) electrons. The van der Waals surface area contributed by atoms with Crippen molar-refractivity contribution in [1.82, 2.24) is 0 Å². The Balaban J connectivity index is 2.77. The minimum absolute atomic E-state index is 0.275. The van der Waals surface area contributed by atoms with Crippen LogP contribution in [0.25, 0.3) is 0 Å². The van der Waals surface area contributed by atoms with E-state index in [0.717, 1.165) is 12.0 Å². The summed E-state index contributed by atoms with van der Waals surface area (Å²) in [4.78, 5) is 0. The van der Waals surface area contributed by atoms with Crippen molar-refractivity contribution in [2.24, 2.45) is 0 Å². The molecule has 0 aromatic carbocycles. The lowest BCUT2D eigenvalue weighted by atomic mass is 10.1. The molecule has 1 atom stereocenters. The van der Waals surface area contributed by atoms with Gasteiger partial charge in [0.2, 0.25) is 0 Å². The Hall–Kier alpha value is -0.0500. The Kier molecular flexibility index (Phi) is 2.28. The van der Waals surface area contributed by atoms with Crippen molar-refractivity contribution in [2.75, 3.05) is 0 Å². The van der Waals surface area contributed by atoms with Crippen LogP contribution in [-0.2, 0) is 0 Å².